The van der Waals surface area contributed by atoms with E-state index in [2.05, 4.69) is 15.3 Å². The molecule has 0 fully saturated rings. The lowest BCUT2D eigenvalue weighted by atomic mass is 10.2. The number of amides is 1. The van der Waals surface area contributed by atoms with Crippen molar-refractivity contribution in [3.05, 3.63) is 62.5 Å². The quantitative estimate of drug-likeness (QED) is 0.597. The molecule has 0 bridgehead atoms. The van der Waals surface area contributed by atoms with E-state index >= 15 is 0 Å². The van der Waals surface area contributed by atoms with E-state index < -0.39 is 12.1 Å². The maximum atomic E-state index is 12.2. The molecule has 0 aliphatic rings. The number of aromatic amines is 1. The minimum Gasteiger partial charge on any atom is -0.477 e. The number of alkyl carbamates (subject to hydrolysis) is 1. The second-order valence-corrected chi connectivity index (χ2v) is 6.79. The van der Waals surface area contributed by atoms with Crippen LogP contribution in [-0.4, -0.2) is 33.7 Å². The molecule has 0 saturated carbocycles. The van der Waals surface area contributed by atoms with Crippen molar-refractivity contribution >= 4 is 33.6 Å². The summed E-state index contributed by atoms with van der Waals surface area (Å²) in [6.07, 6.45) is -0.285. The Hall–Kier alpha value is -3.20. The van der Waals surface area contributed by atoms with Crippen molar-refractivity contribution in [3.63, 3.8) is 0 Å². The standard InChI is InChI=1S/C18H17N3O5S/c1-10-13-15(22)20-12(21-16(13)27-14(10)17(23)24)7-8-19-18(25)26-9-11-5-3-2-4-6-11/h2-6H,7-9H2,1H3,(H,19,25)(H,23,24)(H,20,21,22). The first kappa shape index (κ1) is 18.6. The normalized spacial score (nSPS) is 10.7. The first-order chi connectivity index (χ1) is 13.0. The number of hydrogen-bond acceptors (Lipinski definition) is 6. The van der Waals surface area contributed by atoms with Gasteiger partial charge in [-0.3, -0.25) is 4.79 Å². The van der Waals surface area contributed by atoms with E-state index in [1.54, 1.807) is 6.92 Å². The van der Waals surface area contributed by atoms with Gasteiger partial charge in [0.2, 0.25) is 0 Å². The van der Waals surface area contributed by atoms with Crippen LogP contribution in [-0.2, 0) is 17.8 Å². The second-order valence-electron chi connectivity index (χ2n) is 5.79. The molecule has 0 radical (unpaired) electrons. The van der Waals surface area contributed by atoms with E-state index in [0.29, 0.717) is 16.2 Å². The Labute approximate surface area is 157 Å². The zero-order valence-corrected chi connectivity index (χ0v) is 15.3. The molecule has 0 atom stereocenters. The molecule has 0 aliphatic heterocycles. The van der Waals surface area contributed by atoms with Gasteiger partial charge < -0.3 is 20.1 Å². The van der Waals surface area contributed by atoms with Gasteiger partial charge in [0.25, 0.3) is 5.56 Å². The van der Waals surface area contributed by atoms with Crippen molar-refractivity contribution in [2.45, 2.75) is 20.0 Å². The van der Waals surface area contributed by atoms with Crippen LogP contribution in [0.15, 0.2) is 35.1 Å². The van der Waals surface area contributed by atoms with Crippen molar-refractivity contribution in [3.8, 4) is 0 Å². The number of fused-ring (bicyclic) bond motifs is 1. The van der Waals surface area contributed by atoms with Gasteiger partial charge in [-0.2, -0.15) is 0 Å². The summed E-state index contributed by atoms with van der Waals surface area (Å²) in [7, 11) is 0. The largest absolute Gasteiger partial charge is 0.477 e. The summed E-state index contributed by atoms with van der Waals surface area (Å²) in [5, 5.41) is 12.0. The monoisotopic (exact) mass is 387 g/mol. The number of H-pyrrole nitrogens is 1. The number of aryl methyl sites for hydroxylation is 1. The summed E-state index contributed by atoms with van der Waals surface area (Å²) in [4.78, 5) is 42.5. The number of carboxylic acid groups (broad SMARTS) is 1. The molecule has 0 aliphatic carbocycles. The molecule has 0 unspecified atom stereocenters. The second kappa shape index (κ2) is 8.00. The Kier molecular flexibility index (Phi) is 5.51. The zero-order chi connectivity index (χ0) is 19.4. The molecule has 3 aromatic rings. The molecule has 1 aromatic carbocycles. The number of ether oxygens (including phenoxy) is 1. The van der Waals surface area contributed by atoms with Gasteiger partial charge in [0, 0.05) is 13.0 Å². The van der Waals surface area contributed by atoms with Crippen molar-refractivity contribution < 1.29 is 19.4 Å². The van der Waals surface area contributed by atoms with Crippen LogP contribution in [0, 0.1) is 6.92 Å². The average Bonchev–Trinajstić information content (AvgIpc) is 2.98. The number of carbonyl (C=O) groups excluding carboxylic acids is 1. The predicted molar refractivity (Wildman–Crippen MR) is 100 cm³/mol. The highest BCUT2D eigenvalue weighted by molar-refractivity contribution is 7.20. The van der Waals surface area contributed by atoms with Gasteiger partial charge in [0.05, 0.1) is 5.39 Å². The van der Waals surface area contributed by atoms with E-state index in [1.807, 2.05) is 30.3 Å². The summed E-state index contributed by atoms with van der Waals surface area (Å²) in [6.45, 7) is 1.97. The van der Waals surface area contributed by atoms with Crippen LogP contribution in [0.3, 0.4) is 0 Å². The third-order valence-electron chi connectivity index (χ3n) is 3.89. The van der Waals surface area contributed by atoms with E-state index in [9.17, 15) is 19.5 Å². The highest BCUT2D eigenvalue weighted by Crippen LogP contribution is 2.26. The molecular formula is C18H17N3O5S. The number of aromatic carboxylic acids is 1. The topological polar surface area (TPSA) is 121 Å². The van der Waals surface area contributed by atoms with Gasteiger partial charge in [-0.15, -0.1) is 11.3 Å². The van der Waals surface area contributed by atoms with Gasteiger partial charge in [0.1, 0.15) is 22.1 Å². The smallest absolute Gasteiger partial charge is 0.407 e. The average molecular weight is 387 g/mol. The van der Waals surface area contributed by atoms with E-state index in [4.69, 9.17) is 4.74 Å². The molecule has 0 saturated heterocycles. The van der Waals surface area contributed by atoms with Gasteiger partial charge in [0.15, 0.2) is 0 Å². The first-order valence-corrected chi connectivity index (χ1v) is 8.97. The zero-order valence-electron chi connectivity index (χ0n) is 14.4. The number of carbonyl (C=O) groups is 2. The van der Waals surface area contributed by atoms with Crippen LogP contribution in [0.25, 0.3) is 10.2 Å². The number of hydrogen-bond donors (Lipinski definition) is 3. The summed E-state index contributed by atoms with van der Waals surface area (Å²) in [5.41, 5.74) is 0.903. The Morgan fingerprint density at radius 1 is 1.30 bits per heavy atom. The van der Waals surface area contributed by atoms with Crippen molar-refractivity contribution in [2.24, 2.45) is 0 Å². The Bertz CT molecular complexity index is 1040. The number of thiophene rings is 1. The number of aromatic nitrogens is 2. The highest BCUT2D eigenvalue weighted by atomic mass is 32.1. The minimum atomic E-state index is -1.08. The molecule has 2 heterocycles. The summed E-state index contributed by atoms with van der Waals surface area (Å²) in [5.74, 6) is -0.715. The maximum absolute atomic E-state index is 12.2. The van der Waals surface area contributed by atoms with E-state index in [0.717, 1.165) is 16.9 Å². The SMILES string of the molecule is Cc1c(C(=O)O)sc2nc(CCNC(=O)OCc3ccccc3)[nH]c(=O)c12. The number of nitrogens with one attached hydrogen (secondary N) is 2. The molecule has 1 amide bonds. The van der Waals surface area contributed by atoms with Gasteiger partial charge in [-0.05, 0) is 18.1 Å². The van der Waals surface area contributed by atoms with Crippen LogP contribution in [0.2, 0.25) is 0 Å². The minimum absolute atomic E-state index is 0.0998. The fraction of sp³-hybridized carbons (Fsp3) is 0.222. The number of rotatable bonds is 6. The first-order valence-electron chi connectivity index (χ1n) is 8.16. The molecule has 0 spiro atoms. The Morgan fingerprint density at radius 3 is 2.74 bits per heavy atom. The molecule has 27 heavy (non-hydrogen) atoms. The van der Waals surface area contributed by atoms with Gasteiger partial charge in [-0.1, -0.05) is 30.3 Å². The summed E-state index contributed by atoms with van der Waals surface area (Å²) in [6, 6.07) is 9.30. The van der Waals surface area contributed by atoms with Gasteiger partial charge in [-0.25, -0.2) is 14.6 Å². The molecule has 2 aromatic heterocycles. The third kappa shape index (κ3) is 4.32. The number of carboxylic acids is 1. The van der Waals surface area contributed by atoms with Crippen LogP contribution in [0.1, 0.15) is 26.6 Å². The lowest BCUT2D eigenvalue weighted by Crippen LogP contribution is -2.27. The number of benzene rings is 1. The van der Waals surface area contributed by atoms with Gasteiger partial charge >= 0.3 is 12.1 Å². The number of nitrogens with zero attached hydrogens (tertiary/aromatic N) is 1. The summed E-state index contributed by atoms with van der Waals surface area (Å²) >= 11 is 0.963. The predicted octanol–water partition coefficient (Wildman–Crippen LogP) is 2.46. The van der Waals surface area contributed by atoms with Crippen molar-refractivity contribution in [1.82, 2.24) is 15.3 Å². The lowest BCUT2D eigenvalue weighted by molar-refractivity contribution is 0.0701. The summed E-state index contributed by atoms with van der Waals surface area (Å²) < 4.78 is 5.10. The molecule has 3 N–H and O–H groups in total. The highest BCUT2D eigenvalue weighted by Gasteiger charge is 2.18. The lowest BCUT2D eigenvalue weighted by Gasteiger charge is -2.07. The third-order valence-corrected chi connectivity index (χ3v) is 5.06. The van der Waals surface area contributed by atoms with E-state index in [-0.39, 0.29) is 35.4 Å². The maximum Gasteiger partial charge on any atom is 0.407 e. The van der Waals surface area contributed by atoms with Crippen molar-refractivity contribution in [2.75, 3.05) is 6.54 Å². The molecule has 3 rings (SSSR count). The molecule has 140 valence electrons. The van der Waals surface area contributed by atoms with Crippen LogP contribution in [0.4, 0.5) is 4.79 Å². The fourth-order valence-electron chi connectivity index (χ4n) is 2.57. The molecular weight excluding hydrogens is 370 g/mol. The fourth-order valence-corrected chi connectivity index (χ4v) is 3.61. The van der Waals surface area contributed by atoms with Crippen LogP contribution in [0.5, 0.6) is 0 Å². The molecule has 8 nitrogen and oxygen atoms in total. The van der Waals surface area contributed by atoms with E-state index in [1.165, 1.54) is 0 Å². The Morgan fingerprint density at radius 2 is 2.04 bits per heavy atom. The van der Waals surface area contributed by atoms with Crippen LogP contribution < -0.4 is 10.9 Å². The Balaban J connectivity index is 1.59. The van der Waals surface area contributed by atoms with Crippen LogP contribution >= 0.6 is 11.3 Å². The van der Waals surface area contributed by atoms with Crippen molar-refractivity contribution in [1.29, 1.82) is 0 Å². The molecule has 9 heteroatoms.